The maximum atomic E-state index is 11.7. The maximum absolute atomic E-state index is 11.7. The monoisotopic (exact) mass is 279 g/mol. The highest BCUT2D eigenvalue weighted by Gasteiger charge is 2.48. The highest BCUT2D eigenvalue weighted by atomic mass is 35.5. The Labute approximate surface area is 117 Å². The Bertz CT molecular complexity index is 462. The van der Waals surface area contributed by atoms with Crippen LogP contribution >= 0.6 is 11.6 Å². The molecule has 1 aromatic rings. The second-order valence-electron chi connectivity index (χ2n) is 5.66. The highest BCUT2D eigenvalue weighted by Crippen LogP contribution is 2.43. The quantitative estimate of drug-likeness (QED) is 0.791. The van der Waals surface area contributed by atoms with Gasteiger partial charge in [0.25, 0.3) is 0 Å². The summed E-state index contributed by atoms with van der Waals surface area (Å²) in [6, 6.07) is 7.75. The number of hydrogen-bond acceptors (Lipinski definition) is 2. The van der Waals surface area contributed by atoms with Gasteiger partial charge in [0.2, 0.25) is 0 Å². The predicted molar refractivity (Wildman–Crippen MR) is 75.1 cm³/mol. The Kier molecular flexibility index (Phi) is 3.37. The number of urea groups is 1. The lowest BCUT2D eigenvalue weighted by Gasteiger charge is -2.54. The van der Waals surface area contributed by atoms with Crippen LogP contribution in [0.4, 0.5) is 4.79 Å². The minimum absolute atomic E-state index is 0.0814. The van der Waals surface area contributed by atoms with Gasteiger partial charge in [-0.2, -0.15) is 0 Å². The Balaban J connectivity index is 1.38. The van der Waals surface area contributed by atoms with Crippen LogP contribution in [0.25, 0.3) is 0 Å². The first-order valence-electron chi connectivity index (χ1n) is 6.65. The number of benzene rings is 1. The van der Waals surface area contributed by atoms with Crippen molar-refractivity contribution in [3.8, 4) is 0 Å². The van der Waals surface area contributed by atoms with Crippen molar-refractivity contribution < 1.29 is 4.79 Å². The van der Waals surface area contributed by atoms with E-state index < -0.39 is 0 Å². The fraction of sp³-hybridized carbons (Fsp3) is 0.500. The van der Waals surface area contributed by atoms with Crippen molar-refractivity contribution in [2.24, 2.45) is 5.41 Å². The van der Waals surface area contributed by atoms with Gasteiger partial charge >= 0.3 is 6.03 Å². The van der Waals surface area contributed by atoms with E-state index in [9.17, 15) is 4.79 Å². The fourth-order valence-electron chi connectivity index (χ4n) is 2.88. The summed E-state index contributed by atoms with van der Waals surface area (Å²) in [5.41, 5.74) is 1.54. The maximum Gasteiger partial charge on any atom is 0.315 e. The zero-order chi connectivity index (χ0) is 13.3. The molecule has 102 valence electrons. The highest BCUT2D eigenvalue weighted by molar-refractivity contribution is 6.30. The molecule has 1 aliphatic heterocycles. The summed E-state index contributed by atoms with van der Waals surface area (Å²) in [5.74, 6) is 0. The van der Waals surface area contributed by atoms with E-state index >= 15 is 0 Å². The first-order valence-corrected chi connectivity index (χ1v) is 7.03. The molecule has 0 unspecified atom stereocenters. The van der Waals surface area contributed by atoms with E-state index in [-0.39, 0.29) is 6.03 Å². The third kappa shape index (κ3) is 2.85. The summed E-state index contributed by atoms with van der Waals surface area (Å²) in [6.07, 6.45) is 2.21. The molecule has 5 heteroatoms. The Morgan fingerprint density at radius 1 is 1.32 bits per heavy atom. The molecule has 4 nitrogen and oxygen atoms in total. The molecule has 1 aliphatic carbocycles. The van der Waals surface area contributed by atoms with E-state index in [1.165, 1.54) is 0 Å². The topological polar surface area (TPSA) is 53.2 Å². The Hall–Kier alpha value is -1.26. The van der Waals surface area contributed by atoms with Crippen LogP contribution in [-0.2, 0) is 6.54 Å². The molecule has 19 heavy (non-hydrogen) atoms. The number of carbonyl (C=O) groups is 1. The largest absolute Gasteiger partial charge is 0.335 e. The van der Waals surface area contributed by atoms with Gasteiger partial charge in [-0.3, -0.25) is 0 Å². The number of hydrogen-bond donors (Lipinski definition) is 3. The first-order chi connectivity index (χ1) is 9.15. The minimum atomic E-state index is -0.0814. The smallest absolute Gasteiger partial charge is 0.315 e. The number of halogens is 1. The van der Waals surface area contributed by atoms with Gasteiger partial charge in [-0.15, -0.1) is 0 Å². The van der Waals surface area contributed by atoms with Crippen LogP contribution in [0.15, 0.2) is 24.3 Å². The van der Waals surface area contributed by atoms with Crippen LogP contribution in [-0.4, -0.2) is 25.2 Å². The van der Waals surface area contributed by atoms with E-state index in [0.29, 0.717) is 23.0 Å². The summed E-state index contributed by atoms with van der Waals surface area (Å²) in [6.45, 7) is 2.75. The lowest BCUT2D eigenvalue weighted by atomic mass is 9.62. The summed E-state index contributed by atoms with van der Waals surface area (Å²) in [7, 11) is 0. The zero-order valence-corrected chi connectivity index (χ0v) is 11.5. The van der Waals surface area contributed by atoms with Gasteiger partial charge in [0, 0.05) is 30.7 Å². The molecule has 2 fully saturated rings. The van der Waals surface area contributed by atoms with Crippen molar-refractivity contribution in [2.45, 2.75) is 25.4 Å². The summed E-state index contributed by atoms with van der Waals surface area (Å²) >= 11 is 5.81. The van der Waals surface area contributed by atoms with Crippen LogP contribution in [0.2, 0.25) is 5.02 Å². The molecule has 0 atom stereocenters. The van der Waals surface area contributed by atoms with Crippen LogP contribution in [0, 0.1) is 5.41 Å². The van der Waals surface area contributed by atoms with Gasteiger partial charge in [-0.1, -0.05) is 23.7 Å². The number of carbonyl (C=O) groups excluding carboxylic acids is 1. The van der Waals surface area contributed by atoms with Crippen LogP contribution < -0.4 is 16.0 Å². The van der Waals surface area contributed by atoms with Gasteiger partial charge in [0.05, 0.1) is 0 Å². The van der Waals surface area contributed by atoms with Gasteiger partial charge in [-0.25, -0.2) is 4.79 Å². The van der Waals surface area contributed by atoms with Gasteiger partial charge in [-0.05, 0) is 36.0 Å². The average Bonchev–Trinajstić information content (AvgIpc) is 2.30. The third-order valence-electron chi connectivity index (χ3n) is 4.06. The summed E-state index contributed by atoms with van der Waals surface area (Å²) in [4.78, 5) is 11.7. The lowest BCUT2D eigenvalue weighted by Crippen LogP contribution is -2.65. The van der Waals surface area contributed by atoms with Gasteiger partial charge in [0.15, 0.2) is 0 Å². The van der Waals surface area contributed by atoms with Gasteiger partial charge < -0.3 is 16.0 Å². The molecule has 0 aromatic heterocycles. The third-order valence-corrected chi connectivity index (χ3v) is 4.31. The predicted octanol–water partition coefficient (Wildman–Crippen LogP) is 1.89. The number of rotatable bonds is 3. The summed E-state index contributed by atoms with van der Waals surface area (Å²) < 4.78 is 0. The van der Waals surface area contributed by atoms with E-state index in [1.807, 2.05) is 24.3 Å². The second-order valence-corrected chi connectivity index (χ2v) is 6.10. The second kappa shape index (κ2) is 5.02. The molecule has 1 spiro atoms. The lowest BCUT2D eigenvalue weighted by molar-refractivity contribution is 0.0281. The number of amides is 2. The van der Waals surface area contributed by atoms with Crippen molar-refractivity contribution in [1.29, 1.82) is 0 Å². The molecular formula is C14H18ClN3O. The molecular weight excluding hydrogens is 262 g/mol. The normalized spacial score (nSPS) is 20.5. The molecule has 1 saturated carbocycles. The van der Waals surface area contributed by atoms with Crippen LogP contribution in [0.1, 0.15) is 18.4 Å². The fourth-order valence-corrected chi connectivity index (χ4v) is 3.00. The molecule has 0 bridgehead atoms. The Morgan fingerprint density at radius 3 is 2.58 bits per heavy atom. The van der Waals surface area contributed by atoms with Crippen molar-refractivity contribution >= 4 is 17.6 Å². The summed E-state index contributed by atoms with van der Waals surface area (Å²) in [5, 5.41) is 9.89. The van der Waals surface area contributed by atoms with Crippen molar-refractivity contribution in [2.75, 3.05) is 13.1 Å². The first kappa shape index (κ1) is 12.8. The molecule has 1 aromatic carbocycles. The molecule has 1 heterocycles. The van der Waals surface area contributed by atoms with Crippen molar-refractivity contribution in [1.82, 2.24) is 16.0 Å². The molecule has 3 N–H and O–H groups in total. The average molecular weight is 280 g/mol. The molecule has 3 rings (SSSR count). The minimum Gasteiger partial charge on any atom is -0.335 e. The zero-order valence-electron chi connectivity index (χ0n) is 10.7. The molecule has 2 amide bonds. The van der Waals surface area contributed by atoms with Gasteiger partial charge in [0.1, 0.15) is 0 Å². The van der Waals surface area contributed by atoms with E-state index in [2.05, 4.69) is 16.0 Å². The standard InChI is InChI=1S/C14H18ClN3O/c15-11-3-1-10(2-4-11)7-17-13(19)18-12-5-14(6-12)8-16-9-14/h1-4,12,16H,5-9H2,(H2,17,18,19). The molecule has 2 aliphatic rings. The van der Waals surface area contributed by atoms with Crippen LogP contribution in [0.5, 0.6) is 0 Å². The van der Waals surface area contributed by atoms with Crippen molar-refractivity contribution in [3.63, 3.8) is 0 Å². The molecule has 1 saturated heterocycles. The number of nitrogens with one attached hydrogen (secondary N) is 3. The van der Waals surface area contributed by atoms with Crippen LogP contribution in [0.3, 0.4) is 0 Å². The SMILES string of the molecule is O=C(NCc1ccc(Cl)cc1)NC1CC2(CNC2)C1. The van der Waals surface area contributed by atoms with Crippen molar-refractivity contribution in [3.05, 3.63) is 34.9 Å². The van der Waals surface area contributed by atoms with E-state index in [1.54, 1.807) is 0 Å². The molecule has 0 radical (unpaired) electrons. The van der Waals surface area contributed by atoms with E-state index in [4.69, 9.17) is 11.6 Å². The van der Waals surface area contributed by atoms with E-state index in [0.717, 1.165) is 31.5 Å². The Morgan fingerprint density at radius 2 is 2.00 bits per heavy atom.